The molecule has 0 aliphatic rings. The van der Waals surface area contributed by atoms with Gasteiger partial charge in [-0.15, -0.1) is 0 Å². The Morgan fingerprint density at radius 1 is 1.19 bits per heavy atom. The predicted molar refractivity (Wildman–Crippen MR) is 99.4 cm³/mol. The van der Waals surface area contributed by atoms with Crippen molar-refractivity contribution in [2.45, 2.75) is 19.9 Å². The zero-order chi connectivity index (χ0) is 20.0. The van der Waals surface area contributed by atoms with Crippen molar-refractivity contribution in [3.8, 4) is 0 Å². The molecule has 2 aromatic carbocycles. The highest BCUT2D eigenvalue weighted by atomic mass is 35.5. The molecule has 0 bridgehead atoms. The second-order valence-electron chi connectivity index (χ2n) is 6.13. The van der Waals surface area contributed by atoms with Gasteiger partial charge in [-0.3, -0.25) is 9.59 Å². The van der Waals surface area contributed by atoms with Crippen molar-refractivity contribution in [3.63, 3.8) is 0 Å². The van der Waals surface area contributed by atoms with Gasteiger partial charge in [-0.2, -0.15) is 0 Å². The Hall–Kier alpha value is -2.51. The maximum atomic E-state index is 13.7. The first-order chi connectivity index (χ1) is 12.8. The van der Waals surface area contributed by atoms with Gasteiger partial charge in [0.2, 0.25) is 5.91 Å². The Bertz CT molecular complexity index is 846. The Morgan fingerprint density at radius 2 is 1.93 bits per heavy atom. The van der Waals surface area contributed by atoms with Crippen molar-refractivity contribution >= 4 is 29.1 Å². The van der Waals surface area contributed by atoms with E-state index in [0.29, 0.717) is 16.3 Å². The van der Waals surface area contributed by atoms with Gasteiger partial charge in [0.05, 0.1) is 6.54 Å². The van der Waals surface area contributed by atoms with E-state index in [9.17, 15) is 18.4 Å². The van der Waals surface area contributed by atoms with Crippen LogP contribution in [-0.4, -0.2) is 24.9 Å². The Labute approximate surface area is 161 Å². The van der Waals surface area contributed by atoms with E-state index in [4.69, 9.17) is 11.6 Å². The molecule has 0 aliphatic heterocycles. The summed E-state index contributed by atoms with van der Waals surface area (Å²) >= 11 is 5.99. The molecule has 0 aliphatic carbocycles. The average Bonchev–Trinajstić information content (AvgIpc) is 2.62. The quantitative estimate of drug-likeness (QED) is 0.671. The maximum Gasteiger partial charge on any atom is 0.275 e. The Morgan fingerprint density at radius 3 is 2.63 bits per heavy atom. The smallest absolute Gasteiger partial charge is 0.275 e. The van der Waals surface area contributed by atoms with Gasteiger partial charge < -0.3 is 16.0 Å². The highest BCUT2D eigenvalue weighted by Crippen LogP contribution is 2.22. The fourth-order valence-electron chi connectivity index (χ4n) is 2.47. The molecule has 2 amide bonds. The van der Waals surface area contributed by atoms with Crippen molar-refractivity contribution in [3.05, 3.63) is 64.2 Å². The largest absolute Gasteiger partial charge is 0.342 e. The Kier molecular flexibility index (Phi) is 7.27. The highest BCUT2D eigenvalue weighted by Gasteiger charge is 2.16. The van der Waals surface area contributed by atoms with Crippen molar-refractivity contribution in [2.75, 3.05) is 18.4 Å². The topological polar surface area (TPSA) is 74.8 Å². The molecule has 0 fully saturated rings. The second kappa shape index (κ2) is 9.43. The van der Waals surface area contributed by atoms with E-state index in [0.717, 1.165) is 11.6 Å². The highest BCUT2D eigenvalue weighted by molar-refractivity contribution is 6.31. The van der Waals surface area contributed by atoms with Crippen molar-refractivity contribution in [1.82, 2.24) is 5.32 Å². The molecular formula is C19H21ClF2N3O2+. The van der Waals surface area contributed by atoms with Crippen LogP contribution in [-0.2, 0) is 9.59 Å². The maximum absolute atomic E-state index is 13.7. The molecule has 2 rings (SSSR count). The van der Waals surface area contributed by atoms with Crippen molar-refractivity contribution in [1.29, 1.82) is 0 Å². The molecule has 8 heteroatoms. The van der Waals surface area contributed by atoms with Crippen LogP contribution in [0.15, 0.2) is 36.4 Å². The average molecular weight is 397 g/mol. The van der Waals surface area contributed by atoms with Gasteiger partial charge in [0.1, 0.15) is 17.7 Å². The van der Waals surface area contributed by atoms with Crippen molar-refractivity contribution < 1.29 is 23.7 Å². The lowest BCUT2D eigenvalue weighted by Gasteiger charge is -2.12. The van der Waals surface area contributed by atoms with Crippen LogP contribution in [0.3, 0.4) is 0 Å². The third kappa shape index (κ3) is 6.01. The molecule has 27 heavy (non-hydrogen) atoms. The van der Waals surface area contributed by atoms with Crippen molar-refractivity contribution in [2.24, 2.45) is 0 Å². The minimum absolute atomic E-state index is 0.00144. The number of carbonyl (C=O) groups excluding carboxylic acids is 2. The summed E-state index contributed by atoms with van der Waals surface area (Å²) < 4.78 is 26.7. The van der Waals surface area contributed by atoms with E-state index in [2.05, 4.69) is 10.6 Å². The van der Waals surface area contributed by atoms with E-state index in [1.54, 1.807) is 37.4 Å². The van der Waals surface area contributed by atoms with Crippen LogP contribution in [0.4, 0.5) is 14.5 Å². The summed E-state index contributed by atoms with van der Waals surface area (Å²) in [6.45, 7) is 3.29. The molecule has 2 aromatic rings. The van der Waals surface area contributed by atoms with Crippen LogP contribution in [0.25, 0.3) is 0 Å². The van der Waals surface area contributed by atoms with E-state index >= 15 is 0 Å². The van der Waals surface area contributed by atoms with Gasteiger partial charge >= 0.3 is 0 Å². The summed E-state index contributed by atoms with van der Waals surface area (Å²) in [5.74, 6) is -2.06. The van der Waals surface area contributed by atoms with Crippen LogP contribution in [0, 0.1) is 18.6 Å². The number of hydrogen-bond donors (Lipinski definition) is 3. The van der Waals surface area contributed by atoms with Gasteiger partial charge in [-0.05, 0) is 43.7 Å². The minimum atomic E-state index is -0.657. The third-order valence-corrected chi connectivity index (χ3v) is 4.51. The van der Waals surface area contributed by atoms with E-state index < -0.39 is 11.6 Å². The minimum Gasteiger partial charge on any atom is -0.342 e. The standard InChI is InChI=1S/C19H20ClF2N3O2/c1-11-15(20)4-3-5-17(11)25-19(27)10-24-18(26)9-23-12(2)14-7-6-13(21)8-16(14)22/h3-8,12,23H,9-10H2,1-2H3,(H,24,26)(H,25,27)/p+1/t12-/m1/s1. The van der Waals surface area contributed by atoms with E-state index in [1.807, 2.05) is 0 Å². The zero-order valence-electron chi connectivity index (χ0n) is 15.0. The van der Waals surface area contributed by atoms with E-state index in [-0.39, 0.29) is 30.9 Å². The fraction of sp³-hybridized carbons (Fsp3) is 0.263. The summed E-state index contributed by atoms with van der Waals surface area (Å²) in [4.78, 5) is 23.9. The molecule has 0 radical (unpaired) electrons. The molecule has 144 valence electrons. The van der Waals surface area contributed by atoms with Crippen LogP contribution < -0.4 is 16.0 Å². The number of hydrogen-bond acceptors (Lipinski definition) is 2. The normalized spacial score (nSPS) is 11.7. The third-order valence-electron chi connectivity index (χ3n) is 4.10. The lowest BCUT2D eigenvalue weighted by Crippen LogP contribution is -2.87. The molecule has 1 atom stereocenters. The van der Waals surface area contributed by atoms with Gasteiger partial charge in [0.15, 0.2) is 6.54 Å². The number of benzene rings is 2. The molecule has 5 nitrogen and oxygen atoms in total. The lowest BCUT2D eigenvalue weighted by atomic mass is 10.1. The molecule has 4 N–H and O–H groups in total. The van der Waals surface area contributed by atoms with Gasteiger partial charge in [0.25, 0.3) is 5.91 Å². The number of quaternary nitrogens is 1. The summed E-state index contributed by atoms with van der Waals surface area (Å²) in [7, 11) is 0. The first-order valence-corrected chi connectivity index (χ1v) is 8.75. The molecule has 0 spiro atoms. The van der Waals surface area contributed by atoms with Gasteiger partial charge in [-0.1, -0.05) is 17.7 Å². The van der Waals surface area contributed by atoms with Crippen LogP contribution in [0.2, 0.25) is 5.02 Å². The summed E-state index contributed by atoms with van der Waals surface area (Å²) in [5.41, 5.74) is 1.62. The molecule has 0 saturated carbocycles. The molecule has 0 aromatic heterocycles. The number of halogens is 3. The zero-order valence-corrected chi connectivity index (χ0v) is 15.7. The number of rotatable bonds is 7. The number of nitrogens with two attached hydrogens (primary N) is 1. The number of nitrogens with one attached hydrogen (secondary N) is 2. The SMILES string of the molecule is Cc1c(Cl)cccc1NC(=O)CNC(=O)C[NH2+][C@H](C)c1ccc(F)cc1F. The first kappa shape index (κ1) is 20.8. The monoisotopic (exact) mass is 396 g/mol. The first-order valence-electron chi connectivity index (χ1n) is 8.38. The molecular weight excluding hydrogens is 376 g/mol. The number of anilines is 1. The van der Waals surface area contributed by atoms with Gasteiger partial charge in [0, 0.05) is 22.3 Å². The molecule has 0 heterocycles. The second-order valence-corrected chi connectivity index (χ2v) is 6.54. The van der Waals surface area contributed by atoms with Crippen LogP contribution in [0.1, 0.15) is 24.1 Å². The molecule has 0 unspecified atom stereocenters. The van der Waals surface area contributed by atoms with Crippen LogP contribution >= 0.6 is 11.6 Å². The fourth-order valence-corrected chi connectivity index (χ4v) is 2.64. The molecule has 0 saturated heterocycles. The van der Waals surface area contributed by atoms with E-state index in [1.165, 1.54) is 12.1 Å². The number of amides is 2. The van der Waals surface area contributed by atoms with Crippen LogP contribution in [0.5, 0.6) is 0 Å². The summed E-state index contributed by atoms with van der Waals surface area (Å²) in [5, 5.41) is 7.31. The predicted octanol–water partition coefficient (Wildman–Crippen LogP) is 2.31. The van der Waals surface area contributed by atoms with Gasteiger partial charge in [-0.25, -0.2) is 8.78 Å². The Balaban J connectivity index is 1.78. The number of carbonyl (C=O) groups is 2. The summed E-state index contributed by atoms with van der Waals surface area (Å²) in [6, 6.07) is 8.11. The lowest BCUT2D eigenvalue weighted by molar-refractivity contribution is -0.682. The summed E-state index contributed by atoms with van der Waals surface area (Å²) in [6.07, 6.45) is 0.